The monoisotopic (exact) mass is 442 g/mol. The summed E-state index contributed by atoms with van der Waals surface area (Å²) in [6.07, 6.45) is 3.58. The molecule has 0 spiro atoms. The SMILES string of the molecule is Cc1ccccc1CN(C)CC(=O)Nc1cccc(S(=O)(=O)NC2=NCCCCC2)c1. The van der Waals surface area contributed by atoms with Crippen molar-refractivity contribution in [1.29, 1.82) is 0 Å². The number of benzene rings is 2. The van der Waals surface area contributed by atoms with Crippen LogP contribution in [0.3, 0.4) is 0 Å². The maximum atomic E-state index is 12.8. The summed E-state index contributed by atoms with van der Waals surface area (Å²) >= 11 is 0. The molecule has 166 valence electrons. The van der Waals surface area contributed by atoms with Crippen molar-refractivity contribution in [3.63, 3.8) is 0 Å². The van der Waals surface area contributed by atoms with Gasteiger partial charge in [0, 0.05) is 25.2 Å². The van der Waals surface area contributed by atoms with Gasteiger partial charge >= 0.3 is 0 Å². The van der Waals surface area contributed by atoms with E-state index in [9.17, 15) is 13.2 Å². The minimum atomic E-state index is -3.75. The summed E-state index contributed by atoms with van der Waals surface area (Å²) in [5, 5.41) is 2.80. The molecule has 0 bridgehead atoms. The Morgan fingerprint density at radius 1 is 1.10 bits per heavy atom. The van der Waals surface area contributed by atoms with E-state index in [1.54, 1.807) is 12.1 Å². The fourth-order valence-corrected chi connectivity index (χ4v) is 4.63. The van der Waals surface area contributed by atoms with Gasteiger partial charge in [0.2, 0.25) is 5.91 Å². The van der Waals surface area contributed by atoms with E-state index in [1.165, 1.54) is 23.3 Å². The van der Waals surface area contributed by atoms with Gasteiger partial charge in [0.25, 0.3) is 10.0 Å². The van der Waals surface area contributed by atoms with Crippen molar-refractivity contribution in [3.05, 3.63) is 59.7 Å². The molecule has 1 aliphatic rings. The Kier molecular flexibility index (Phi) is 7.81. The molecule has 0 aliphatic carbocycles. The average Bonchev–Trinajstić information content (AvgIpc) is 2.98. The van der Waals surface area contributed by atoms with Gasteiger partial charge in [0.15, 0.2) is 0 Å². The zero-order valence-corrected chi connectivity index (χ0v) is 18.9. The molecule has 8 heteroatoms. The highest BCUT2D eigenvalue weighted by atomic mass is 32.2. The van der Waals surface area contributed by atoms with Gasteiger partial charge in [-0.25, -0.2) is 8.42 Å². The molecule has 0 aromatic heterocycles. The normalized spacial score (nSPS) is 14.6. The molecule has 3 rings (SSSR count). The second-order valence-electron chi connectivity index (χ2n) is 7.92. The molecule has 1 aliphatic heterocycles. The van der Waals surface area contributed by atoms with Crippen LogP contribution in [0.1, 0.15) is 36.8 Å². The smallest absolute Gasteiger partial charge is 0.262 e. The predicted octanol–water partition coefficient (Wildman–Crippen LogP) is 3.32. The number of sulfonamides is 1. The first-order chi connectivity index (χ1) is 14.8. The maximum absolute atomic E-state index is 12.8. The van der Waals surface area contributed by atoms with Gasteiger partial charge in [-0.15, -0.1) is 0 Å². The lowest BCUT2D eigenvalue weighted by Crippen LogP contribution is -2.31. The van der Waals surface area contributed by atoms with Crippen LogP contribution in [0, 0.1) is 6.92 Å². The largest absolute Gasteiger partial charge is 0.325 e. The van der Waals surface area contributed by atoms with Gasteiger partial charge < -0.3 is 5.32 Å². The molecule has 31 heavy (non-hydrogen) atoms. The van der Waals surface area contributed by atoms with Crippen LogP contribution in [-0.2, 0) is 21.4 Å². The first kappa shape index (κ1) is 23.0. The molecule has 0 fully saturated rings. The number of amides is 1. The average molecular weight is 443 g/mol. The molecule has 1 heterocycles. The van der Waals surface area contributed by atoms with Gasteiger partial charge in [-0.2, -0.15) is 0 Å². The summed E-state index contributed by atoms with van der Waals surface area (Å²) in [6.45, 7) is 3.54. The summed E-state index contributed by atoms with van der Waals surface area (Å²) in [5.74, 6) is 0.302. The number of likely N-dealkylation sites (N-methyl/N-ethyl adjacent to an activating group) is 1. The van der Waals surface area contributed by atoms with Crippen molar-refractivity contribution in [3.8, 4) is 0 Å². The van der Waals surface area contributed by atoms with E-state index in [0.29, 0.717) is 31.0 Å². The summed E-state index contributed by atoms with van der Waals surface area (Å²) in [7, 11) is -1.87. The van der Waals surface area contributed by atoms with Gasteiger partial charge in [-0.1, -0.05) is 36.8 Å². The van der Waals surface area contributed by atoms with Crippen LogP contribution in [-0.4, -0.2) is 45.2 Å². The first-order valence-electron chi connectivity index (χ1n) is 10.5. The number of carbonyl (C=O) groups is 1. The van der Waals surface area contributed by atoms with Crippen LogP contribution >= 0.6 is 0 Å². The van der Waals surface area contributed by atoms with Crippen molar-refractivity contribution < 1.29 is 13.2 Å². The molecule has 7 nitrogen and oxygen atoms in total. The van der Waals surface area contributed by atoms with Crippen LogP contribution in [0.4, 0.5) is 5.69 Å². The lowest BCUT2D eigenvalue weighted by molar-refractivity contribution is -0.117. The van der Waals surface area contributed by atoms with Gasteiger partial charge in [-0.05, 0) is 56.1 Å². The Hall–Kier alpha value is -2.71. The molecule has 1 amide bonds. The van der Waals surface area contributed by atoms with E-state index in [0.717, 1.165) is 19.3 Å². The Bertz CT molecular complexity index is 1050. The quantitative estimate of drug-likeness (QED) is 0.688. The van der Waals surface area contributed by atoms with Crippen molar-refractivity contribution in [2.75, 3.05) is 25.5 Å². The number of nitrogens with one attached hydrogen (secondary N) is 2. The fraction of sp³-hybridized carbons (Fsp3) is 0.391. The fourth-order valence-electron chi connectivity index (χ4n) is 3.49. The topological polar surface area (TPSA) is 90.9 Å². The number of aryl methyl sites for hydroxylation is 1. The molecular formula is C23H30N4O3S. The first-order valence-corrected chi connectivity index (χ1v) is 12.0. The highest BCUT2D eigenvalue weighted by Gasteiger charge is 2.18. The minimum absolute atomic E-state index is 0.102. The molecule has 2 aromatic carbocycles. The van der Waals surface area contributed by atoms with Gasteiger partial charge in [-0.3, -0.25) is 19.4 Å². The number of carbonyl (C=O) groups excluding carboxylic acids is 1. The van der Waals surface area contributed by atoms with E-state index in [1.807, 2.05) is 43.1 Å². The Balaban J connectivity index is 1.61. The molecule has 0 saturated carbocycles. The molecule has 2 aromatic rings. The minimum Gasteiger partial charge on any atom is -0.325 e. The number of amidine groups is 1. The van der Waals surface area contributed by atoms with Crippen LogP contribution in [0.25, 0.3) is 0 Å². The molecule has 2 N–H and O–H groups in total. The van der Waals surface area contributed by atoms with Crippen LogP contribution in [0.2, 0.25) is 0 Å². The maximum Gasteiger partial charge on any atom is 0.262 e. The second kappa shape index (κ2) is 10.5. The lowest BCUT2D eigenvalue weighted by Gasteiger charge is -2.18. The van der Waals surface area contributed by atoms with E-state index in [4.69, 9.17) is 0 Å². The standard InChI is InChI=1S/C23H30N4O3S/c1-18-9-5-6-10-19(18)16-27(2)17-23(28)25-20-11-8-12-21(15-20)31(29,30)26-22-13-4-3-7-14-24-22/h5-6,8-12,15H,3-4,7,13-14,16-17H2,1-2H3,(H,24,26)(H,25,28). The van der Waals surface area contributed by atoms with E-state index < -0.39 is 10.0 Å². The molecular weight excluding hydrogens is 412 g/mol. The van der Waals surface area contributed by atoms with E-state index in [-0.39, 0.29) is 17.3 Å². The number of hydrogen-bond acceptors (Lipinski definition) is 5. The summed E-state index contributed by atoms with van der Waals surface area (Å²) in [6, 6.07) is 14.4. The van der Waals surface area contributed by atoms with E-state index >= 15 is 0 Å². The van der Waals surface area contributed by atoms with Gasteiger partial charge in [0.05, 0.1) is 11.4 Å². The molecule has 0 atom stereocenters. The third-order valence-electron chi connectivity index (χ3n) is 5.17. The van der Waals surface area contributed by atoms with Crippen LogP contribution in [0.15, 0.2) is 58.4 Å². The third kappa shape index (κ3) is 6.90. The summed E-state index contributed by atoms with van der Waals surface area (Å²) < 4.78 is 28.1. The van der Waals surface area contributed by atoms with Gasteiger partial charge in [0.1, 0.15) is 5.84 Å². The van der Waals surface area contributed by atoms with Crippen LogP contribution in [0.5, 0.6) is 0 Å². The summed E-state index contributed by atoms with van der Waals surface area (Å²) in [5.41, 5.74) is 2.79. The zero-order valence-electron chi connectivity index (χ0n) is 18.1. The van der Waals surface area contributed by atoms with Crippen LogP contribution < -0.4 is 10.0 Å². The predicted molar refractivity (Wildman–Crippen MR) is 124 cm³/mol. The molecule has 0 unspecified atom stereocenters. The highest BCUT2D eigenvalue weighted by molar-refractivity contribution is 7.90. The van der Waals surface area contributed by atoms with Crippen molar-refractivity contribution in [1.82, 2.24) is 9.62 Å². The lowest BCUT2D eigenvalue weighted by atomic mass is 10.1. The second-order valence-corrected chi connectivity index (χ2v) is 9.60. The number of rotatable bonds is 7. The van der Waals surface area contributed by atoms with Crippen molar-refractivity contribution in [2.24, 2.45) is 4.99 Å². The Morgan fingerprint density at radius 3 is 2.71 bits per heavy atom. The zero-order chi connectivity index (χ0) is 22.3. The molecule has 0 radical (unpaired) electrons. The van der Waals surface area contributed by atoms with Crippen molar-refractivity contribution >= 4 is 27.5 Å². The number of nitrogens with zero attached hydrogens (tertiary/aromatic N) is 2. The highest BCUT2D eigenvalue weighted by Crippen LogP contribution is 2.17. The Morgan fingerprint density at radius 2 is 1.90 bits per heavy atom. The number of hydrogen-bond donors (Lipinski definition) is 2. The number of anilines is 1. The third-order valence-corrected chi connectivity index (χ3v) is 6.55. The Labute approximate surface area is 184 Å². The van der Waals surface area contributed by atoms with E-state index in [2.05, 4.69) is 15.0 Å². The number of aliphatic imine (C=N–C) groups is 1. The van der Waals surface area contributed by atoms with Crippen molar-refractivity contribution in [2.45, 2.75) is 44.0 Å². The molecule has 0 saturated heterocycles. The summed E-state index contributed by atoms with van der Waals surface area (Å²) in [4.78, 5) is 18.8.